The molecule has 0 saturated heterocycles. The minimum atomic E-state index is -3.76. The highest BCUT2D eigenvalue weighted by Crippen LogP contribution is 2.20. The Labute approximate surface area is 130 Å². The lowest BCUT2D eigenvalue weighted by Crippen LogP contribution is -2.15. The van der Waals surface area contributed by atoms with Gasteiger partial charge in [-0.25, -0.2) is 12.6 Å². The van der Waals surface area contributed by atoms with Crippen LogP contribution in [0.2, 0.25) is 0 Å². The number of rotatable bonds is 7. The molecule has 0 N–H and O–H groups in total. The van der Waals surface area contributed by atoms with Crippen LogP contribution in [0.1, 0.15) is 0 Å². The standard InChI is InChI=1S/C13H20NO4S3/c1-5-20(15,13-8-6-12(18-2)7-9-13)14-21(16,17)11-10-19(3)4/h5-9H,1,10-11H2,2-4H3/q+1. The first-order valence-electron chi connectivity index (χ1n) is 6.04. The Hall–Kier alpha value is -0.990. The quantitative estimate of drug-likeness (QED) is 0.704. The van der Waals surface area contributed by atoms with Crippen LogP contribution in [-0.4, -0.2) is 43.8 Å². The first-order chi connectivity index (χ1) is 9.72. The van der Waals surface area contributed by atoms with Gasteiger partial charge in [-0.2, -0.15) is 0 Å². The molecule has 0 aliphatic rings. The number of nitrogens with zero attached hydrogens (tertiary/aromatic N) is 1. The zero-order valence-corrected chi connectivity index (χ0v) is 14.8. The van der Waals surface area contributed by atoms with Gasteiger partial charge < -0.3 is 4.74 Å². The first-order valence-corrected chi connectivity index (χ1v) is 11.4. The summed E-state index contributed by atoms with van der Waals surface area (Å²) < 4.78 is 45.3. The zero-order valence-electron chi connectivity index (χ0n) is 12.3. The Kier molecular flexibility index (Phi) is 6.30. The lowest BCUT2D eigenvalue weighted by molar-refractivity contribution is 0.414. The smallest absolute Gasteiger partial charge is 0.266 e. The second-order valence-corrected chi connectivity index (χ2v) is 11.0. The molecule has 0 heterocycles. The third kappa shape index (κ3) is 5.37. The molecule has 1 atom stereocenters. The van der Waals surface area contributed by atoms with E-state index in [-0.39, 0.29) is 16.6 Å². The van der Waals surface area contributed by atoms with Gasteiger partial charge in [-0.3, -0.25) is 0 Å². The molecule has 21 heavy (non-hydrogen) atoms. The monoisotopic (exact) mass is 350 g/mol. The summed E-state index contributed by atoms with van der Waals surface area (Å²) in [7, 11) is -5.44. The van der Waals surface area contributed by atoms with Crippen LogP contribution in [0.3, 0.4) is 0 Å². The van der Waals surface area contributed by atoms with Gasteiger partial charge in [0.2, 0.25) is 0 Å². The van der Waals surface area contributed by atoms with Crippen LogP contribution in [0.5, 0.6) is 5.75 Å². The molecule has 0 radical (unpaired) electrons. The van der Waals surface area contributed by atoms with Crippen LogP contribution >= 0.6 is 0 Å². The summed E-state index contributed by atoms with van der Waals surface area (Å²) in [6, 6.07) is 6.28. The van der Waals surface area contributed by atoms with Crippen LogP contribution in [0, 0.1) is 0 Å². The Morgan fingerprint density at radius 1 is 1.24 bits per heavy atom. The molecule has 1 aromatic rings. The summed E-state index contributed by atoms with van der Waals surface area (Å²) in [5, 5.41) is 1.09. The van der Waals surface area contributed by atoms with Crippen molar-refractivity contribution in [3.05, 3.63) is 36.3 Å². The highest BCUT2D eigenvalue weighted by Gasteiger charge is 2.19. The molecule has 1 rings (SSSR count). The Bertz CT molecular complexity index is 699. The fourth-order valence-corrected chi connectivity index (χ4v) is 6.55. The van der Waals surface area contributed by atoms with Crippen LogP contribution in [0.25, 0.3) is 0 Å². The lowest BCUT2D eigenvalue weighted by atomic mass is 10.3. The van der Waals surface area contributed by atoms with Crippen molar-refractivity contribution in [2.24, 2.45) is 3.77 Å². The van der Waals surface area contributed by atoms with Crippen LogP contribution in [0.15, 0.2) is 44.9 Å². The Morgan fingerprint density at radius 3 is 2.24 bits per heavy atom. The minimum absolute atomic E-state index is 0.0155. The van der Waals surface area contributed by atoms with Gasteiger partial charge >= 0.3 is 0 Å². The number of ether oxygens (including phenoxy) is 1. The van der Waals surface area contributed by atoms with E-state index < -0.39 is 19.8 Å². The molecule has 1 aromatic carbocycles. The fourth-order valence-electron chi connectivity index (χ4n) is 1.42. The third-order valence-electron chi connectivity index (χ3n) is 2.60. The molecule has 0 bridgehead atoms. The molecule has 1 unspecified atom stereocenters. The van der Waals surface area contributed by atoms with Crippen molar-refractivity contribution in [1.29, 1.82) is 0 Å². The van der Waals surface area contributed by atoms with Crippen molar-refractivity contribution in [1.82, 2.24) is 0 Å². The maximum atomic E-state index is 12.7. The maximum absolute atomic E-state index is 12.7. The molecule has 0 fully saturated rings. The summed E-state index contributed by atoms with van der Waals surface area (Å²) in [5.74, 6) is 0.985. The molecule has 8 heteroatoms. The number of methoxy groups -OCH3 is 1. The van der Waals surface area contributed by atoms with E-state index in [2.05, 4.69) is 10.3 Å². The molecule has 0 amide bonds. The predicted octanol–water partition coefficient (Wildman–Crippen LogP) is 1.87. The SMILES string of the molecule is C=CS(=O)(=NS(=O)(=O)CC[S+](C)C)c1ccc(OC)cc1. The van der Waals surface area contributed by atoms with Crippen molar-refractivity contribution in [2.75, 3.05) is 31.1 Å². The molecular weight excluding hydrogens is 330 g/mol. The summed E-state index contributed by atoms with van der Waals surface area (Å²) in [4.78, 5) is 0.300. The average molecular weight is 351 g/mol. The number of sulfonamides is 1. The highest BCUT2D eigenvalue weighted by molar-refractivity contribution is 8.05. The molecule has 0 saturated carbocycles. The average Bonchev–Trinajstić information content (AvgIpc) is 2.45. The van der Waals surface area contributed by atoms with Crippen LogP contribution < -0.4 is 4.74 Å². The van der Waals surface area contributed by atoms with E-state index in [0.717, 1.165) is 5.41 Å². The van der Waals surface area contributed by atoms with Gasteiger partial charge in [-0.05, 0) is 35.2 Å². The van der Waals surface area contributed by atoms with E-state index >= 15 is 0 Å². The largest absolute Gasteiger partial charge is 0.497 e. The van der Waals surface area contributed by atoms with Crippen molar-refractivity contribution in [3.8, 4) is 5.75 Å². The molecule has 118 valence electrons. The minimum Gasteiger partial charge on any atom is -0.497 e. The van der Waals surface area contributed by atoms with E-state index in [1.807, 2.05) is 12.5 Å². The molecular formula is C13H20NO4S3+. The van der Waals surface area contributed by atoms with Gasteiger partial charge in [0.25, 0.3) is 10.0 Å². The van der Waals surface area contributed by atoms with E-state index in [1.54, 1.807) is 12.1 Å². The van der Waals surface area contributed by atoms with Crippen molar-refractivity contribution < 1.29 is 17.4 Å². The van der Waals surface area contributed by atoms with Crippen LogP contribution in [-0.2, 0) is 30.6 Å². The van der Waals surface area contributed by atoms with Gasteiger partial charge in [0, 0.05) is 5.41 Å². The second-order valence-electron chi connectivity index (χ2n) is 4.46. The first kappa shape index (κ1) is 18.1. The molecule has 0 aromatic heterocycles. The van der Waals surface area contributed by atoms with E-state index in [9.17, 15) is 12.6 Å². The van der Waals surface area contributed by atoms with E-state index in [1.165, 1.54) is 19.2 Å². The molecule has 0 aliphatic heterocycles. The third-order valence-corrected chi connectivity index (χ3v) is 7.79. The summed E-state index contributed by atoms with van der Waals surface area (Å²) >= 11 is 0. The highest BCUT2D eigenvalue weighted by atomic mass is 32.3. The fraction of sp³-hybridized carbons (Fsp3) is 0.385. The number of hydrogen-bond acceptors (Lipinski definition) is 4. The predicted molar refractivity (Wildman–Crippen MR) is 89.9 cm³/mol. The van der Waals surface area contributed by atoms with Gasteiger partial charge in [-0.15, -0.1) is 3.77 Å². The van der Waals surface area contributed by atoms with Crippen LogP contribution in [0.4, 0.5) is 0 Å². The van der Waals surface area contributed by atoms with Crippen molar-refractivity contribution in [3.63, 3.8) is 0 Å². The second kappa shape index (κ2) is 7.33. The van der Waals surface area contributed by atoms with Gasteiger partial charge in [0.15, 0.2) is 0 Å². The number of benzene rings is 1. The summed E-state index contributed by atoms with van der Waals surface area (Å²) in [5.41, 5.74) is 0. The normalized spacial score (nSPS) is 14.5. The Morgan fingerprint density at radius 2 is 1.81 bits per heavy atom. The van der Waals surface area contributed by atoms with Gasteiger partial charge in [0.05, 0.1) is 24.5 Å². The molecule has 0 aliphatic carbocycles. The summed E-state index contributed by atoms with van der Waals surface area (Å²) in [6.07, 6.45) is 3.90. The zero-order chi connectivity index (χ0) is 16.1. The van der Waals surface area contributed by atoms with E-state index in [0.29, 0.717) is 16.4 Å². The van der Waals surface area contributed by atoms with Gasteiger partial charge in [-0.1, -0.05) is 6.58 Å². The number of hydrogen-bond donors (Lipinski definition) is 0. The summed E-state index contributed by atoms with van der Waals surface area (Å²) in [6.45, 7) is 3.47. The van der Waals surface area contributed by atoms with Crippen molar-refractivity contribution in [2.45, 2.75) is 4.90 Å². The van der Waals surface area contributed by atoms with Crippen molar-refractivity contribution >= 4 is 30.6 Å². The molecule has 5 nitrogen and oxygen atoms in total. The van der Waals surface area contributed by atoms with E-state index in [4.69, 9.17) is 4.74 Å². The maximum Gasteiger partial charge on any atom is 0.266 e. The lowest BCUT2D eigenvalue weighted by Gasteiger charge is -2.06. The molecule has 0 spiro atoms. The Balaban J connectivity index is 3.21. The topological polar surface area (TPSA) is 72.8 Å². The van der Waals surface area contributed by atoms with Gasteiger partial charge in [0.1, 0.15) is 27.0 Å².